The zero-order valence-electron chi connectivity index (χ0n) is 17.3. The molecule has 152 valence electrons. The van der Waals surface area contributed by atoms with Crippen LogP contribution in [0, 0.1) is 34.6 Å². The number of carbonyl (C=O) groups excluding carboxylic acids is 1. The summed E-state index contributed by atoms with van der Waals surface area (Å²) in [4.78, 5) is 12.5. The zero-order valence-corrected chi connectivity index (χ0v) is 18.1. The van der Waals surface area contributed by atoms with Crippen LogP contribution in [-0.2, 0) is 14.8 Å². The first-order valence-corrected chi connectivity index (χ1v) is 10.6. The average Bonchev–Trinajstić information content (AvgIpc) is 2.65. The first kappa shape index (κ1) is 21.9. The van der Waals surface area contributed by atoms with Gasteiger partial charge >= 0.3 is 0 Å². The minimum absolute atomic E-state index is 0.00810. The molecule has 0 saturated carbocycles. The number of carbonyl (C=O) groups is 1. The van der Waals surface area contributed by atoms with E-state index in [0.29, 0.717) is 16.3 Å². The number of hydrogen-bond donors (Lipinski definition) is 2. The molecule has 0 fully saturated rings. The van der Waals surface area contributed by atoms with Gasteiger partial charge in [-0.2, -0.15) is 0 Å². The standard InChI is InChI=1S/C21H28N2O4S/c1-13-14(2)16(4)21(17(5)15(13)3)28(25,26)22-12-11-20(24)23-18-9-7-8-10-19(18)27-6/h7-10,22H,11-12H2,1-6H3,(H,23,24). The molecular weight excluding hydrogens is 376 g/mol. The molecule has 0 saturated heterocycles. The van der Waals surface area contributed by atoms with E-state index in [0.717, 1.165) is 27.8 Å². The summed E-state index contributed by atoms with van der Waals surface area (Å²) in [6, 6.07) is 7.06. The number of hydrogen-bond acceptors (Lipinski definition) is 4. The zero-order chi connectivity index (χ0) is 21.1. The van der Waals surface area contributed by atoms with Gasteiger partial charge in [0.25, 0.3) is 0 Å². The topological polar surface area (TPSA) is 84.5 Å². The fourth-order valence-corrected chi connectivity index (χ4v) is 4.83. The van der Waals surface area contributed by atoms with Crippen LogP contribution in [0.5, 0.6) is 5.75 Å². The molecular formula is C21H28N2O4S. The van der Waals surface area contributed by atoms with Gasteiger partial charge in [0.1, 0.15) is 5.75 Å². The van der Waals surface area contributed by atoms with Crippen LogP contribution in [0.2, 0.25) is 0 Å². The van der Waals surface area contributed by atoms with E-state index in [2.05, 4.69) is 10.0 Å². The summed E-state index contributed by atoms with van der Waals surface area (Å²) in [7, 11) is -2.20. The number of ether oxygens (including phenoxy) is 1. The van der Waals surface area contributed by atoms with Crippen molar-refractivity contribution in [2.45, 2.75) is 45.9 Å². The Balaban J connectivity index is 2.10. The third kappa shape index (κ3) is 4.54. The van der Waals surface area contributed by atoms with Crippen LogP contribution >= 0.6 is 0 Å². The highest BCUT2D eigenvalue weighted by Gasteiger charge is 2.23. The molecule has 0 aliphatic heterocycles. The molecule has 28 heavy (non-hydrogen) atoms. The maximum atomic E-state index is 12.9. The van der Waals surface area contributed by atoms with Gasteiger partial charge in [-0.15, -0.1) is 0 Å². The molecule has 0 heterocycles. The molecule has 2 N–H and O–H groups in total. The molecule has 1 amide bonds. The quantitative estimate of drug-likeness (QED) is 0.739. The lowest BCUT2D eigenvalue weighted by molar-refractivity contribution is -0.116. The fraction of sp³-hybridized carbons (Fsp3) is 0.381. The fourth-order valence-electron chi connectivity index (χ4n) is 3.20. The summed E-state index contributed by atoms with van der Waals surface area (Å²) in [5.41, 5.74) is 5.08. The van der Waals surface area contributed by atoms with Gasteiger partial charge in [0.05, 0.1) is 17.7 Å². The number of nitrogens with one attached hydrogen (secondary N) is 2. The van der Waals surface area contributed by atoms with Crippen LogP contribution in [0.25, 0.3) is 0 Å². The number of rotatable bonds is 7. The van der Waals surface area contributed by atoms with Crippen LogP contribution in [0.1, 0.15) is 34.2 Å². The van der Waals surface area contributed by atoms with Gasteiger partial charge in [0.15, 0.2) is 0 Å². The Morgan fingerprint density at radius 2 is 1.46 bits per heavy atom. The Hall–Kier alpha value is -2.38. The summed E-state index contributed by atoms with van der Waals surface area (Å²) in [5.74, 6) is 0.255. The molecule has 0 spiro atoms. The molecule has 2 aromatic carbocycles. The lowest BCUT2D eigenvalue weighted by Crippen LogP contribution is -2.29. The van der Waals surface area contributed by atoms with Crippen molar-refractivity contribution in [1.29, 1.82) is 0 Å². The third-order valence-corrected chi connectivity index (χ3v) is 6.96. The van der Waals surface area contributed by atoms with Gasteiger partial charge in [-0.1, -0.05) is 12.1 Å². The van der Waals surface area contributed by atoms with E-state index < -0.39 is 10.0 Å². The molecule has 0 aromatic heterocycles. The third-order valence-electron chi connectivity index (χ3n) is 5.23. The van der Waals surface area contributed by atoms with Crippen molar-refractivity contribution in [3.8, 4) is 5.75 Å². The predicted molar refractivity (Wildman–Crippen MR) is 112 cm³/mol. The van der Waals surface area contributed by atoms with Gasteiger partial charge < -0.3 is 10.1 Å². The SMILES string of the molecule is COc1ccccc1NC(=O)CCNS(=O)(=O)c1c(C)c(C)c(C)c(C)c1C. The van der Waals surface area contributed by atoms with E-state index in [1.54, 1.807) is 24.3 Å². The van der Waals surface area contributed by atoms with Crippen LogP contribution in [0.3, 0.4) is 0 Å². The minimum atomic E-state index is -3.72. The van der Waals surface area contributed by atoms with Crippen LogP contribution in [-0.4, -0.2) is 28.0 Å². The summed E-state index contributed by atoms with van der Waals surface area (Å²) in [5, 5.41) is 2.74. The van der Waals surface area contributed by atoms with Crippen molar-refractivity contribution in [2.75, 3.05) is 19.0 Å². The van der Waals surface area contributed by atoms with Gasteiger partial charge in [-0.25, -0.2) is 13.1 Å². The molecule has 0 atom stereocenters. The second-order valence-corrected chi connectivity index (χ2v) is 8.55. The van der Waals surface area contributed by atoms with Gasteiger partial charge in [-0.05, 0) is 74.6 Å². The first-order chi connectivity index (χ1) is 13.1. The minimum Gasteiger partial charge on any atom is -0.495 e. The molecule has 0 bridgehead atoms. The Kier molecular flexibility index (Phi) is 6.85. The number of sulfonamides is 1. The van der Waals surface area contributed by atoms with Gasteiger partial charge in [0, 0.05) is 13.0 Å². The van der Waals surface area contributed by atoms with Gasteiger partial charge in [-0.3, -0.25) is 4.79 Å². The Morgan fingerprint density at radius 3 is 2.04 bits per heavy atom. The second-order valence-electron chi connectivity index (χ2n) is 6.85. The van der Waals surface area contributed by atoms with Crippen molar-refractivity contribution in [2.24, 2.45) is 0 Å². The van der Waals surface area contributed by atoms with E-state index in [1.807, 2.05) is 34.6 Å². The Labute approximate surface area is 167 Å². The number of para-hydroxylation sites is 2. The van der Waals surface area contributed by atoms with Crippen molar-refractivity contribution in [3.63, 3.8) is 0 Å². The predicted octanol–water partition coefficient (Wildman–Crippen LogP) is 3.54. The summed E-state index contributed by atoms with van der Waals surface area (Å²) in [6.07, 6.45) is 0.0131. The lowest BCUT2D eigenvalue weighted by atomic mass is 9.95. The van der Waals surface area contributed by atoms with Crippen LogP contribution in [0.4, 0.5) is 5.69 Å². The smallest absolute Gasteiger partial charge is 0.241 e. The van der Waals surface area contributed by atoms with Crippen LogP contribution < -0.4 is 14.8 Å². The Bertz CT molecular complexity index is 969. The molecule has 2 aromatic rings. The molecule has 0 radical (unpaired) electrons. The van der Waals surface area contributed by atoms with Gasteiger partial charge in [0.2, 0.25) is 15.9 Å². The van der Waals surface area contributed by atoms with Crippen molar-refractivity contribution >= 4 is 21.6 Å². The number of benzene rings is 2. The highest BCUT2D eigenvalue weighted by atomic mass is 32.2. The monoisotopic (exact) mass is 404 g/mol. The highest BCUT2D eigenvalue weighted by molar-refractivity contribution is 7.89. The number of amides is 1. The van der Waals surface area contributed by atoms with E-state index in [4.69, 9.17) is 4.74 Å². The molecule has 0 unspecified atom stereocenters. The first-order valence-electron chi connectivity index (χ1n) is 9.09. The van der Waals surface area contributed by atoms with E-state index in [1.165, 1.54) is 7.11 Å². The molecule has 0 aliphatic rings. The van der Waals surface area contributed by atoms with Crippen LogP contribution in [0.15, 0.2) is 29.2 Å². The lowest BCUT2D eigenvalue weighted by Gasteiger charge is -2.19. The summed E-state index contributed by atoms with van der Waals surface area (Å²) >= 11 is 0. The molecule has 7 heteroatoms. The maximum Gasteiger partial charge on any atom is 0.241 e. The molecule has 0 aliphatic carbocycles. The van der Waals surface area contributed by atoms with E-state index >= 15 is 0 Å². The maximum absolute atomic E-state index is 12.9. The normalized spacial score (nSPS) is 11.4. The summed E-state index contributed by atoms with van der Waals surface area (Å²) in [6.45, 7) is 9.49. The van der Waals surface area contributed by atoms with E-state index in [-0.39, 0.29) is 18.9 Å². The number of methoxy groups -OCH3 is 1. The second kappa shape index (κ2) is 8.75. The van der Waals surface area contributed by atoms with Crippen molar-refractivity contribution in [3.05, 3.63) is 52.1 Å². The average molecular weight is 405 g/mol. The van der Waals surface area contributed by atoms with E-state index in [9.17, 15) is 13.2 Å². The van der Waals surface area contributed by atoms with Crippen molar-refractivity contribution < 1.29 is 17.9 Å². The molecule has 2 rings (SSSR count). The molecule has 6 nitrogen and oxygen atoms in total. The number of anilines is 1. The summed E-state index contributed by atoms with van der Waals surface area (Å²) < 4.78 is 33.5. The highest BCUT2D eigenvalue weighted by Crippen LogP contribution is 2.29. The largest absolute Gasteiger partial charge is 0.495 e. The van der Waals surface area contributed by atoms with Crippen molar-refractivity contribution in [1.82, 2.24) is 4.72 Å². The Morgan fingerprint density at radius 1 is 0.929 bits per heavy atom.